The van der Waals surface area contributed by atoms with Gasteiger partial charge in [-0.15, -0.1) is 0 Å². The minimum atomic E-state index is 0.966. The van der Waals surface area contributed by atoms with Crippen molar-refractivity contribution in [3.63, 3.8) is 0 Å². The number of hydrogen-bond acceptors (Lipinski definition) is 4. The summed E-state index contributed by atoms with van der Waals surface area (Å²) in [6.45, 7) is 6.86. The molecule has 1 fully saturated rings. The molecule has 1 aliphatic heterocycles. The summed E-state index contributed by atoms with van der Waals surface area (Å²) in [5, 5.41) is 4.46. The number of aryl methyl sites for hydroxylation is 1. The molecule has 118 valence electrons. The first-order valence-electron chi connectivity index (χ1n) is 7.75. The predicted molar refractivity (Wildman–Crippen MR) is 91.7 cm³/mol. The summed E-state index contributed by atoms with van der Waals surface area (Å²) < 4.78 is 3.03. The van der Waals surface area contributed by atoms with Crippen molar-refractivity contribution in [2.45, 2.75) is 13.0 Å². The summed E-state index contributed by atoms with van der Waals surface area (Å²) in [6.07, 6.45) is 8.83. The maximum Gasteiger partial charge on any atom is 0.0568 e. The number of rotatable bonds is 5. The van der Waals surface area contributed by atoms with Crippen LogP contribution in [-0.4, -0.2) is 64.3 Å². The van der Waals surface area contributed by atoms with Crippen molar-refractivity contribution in [3.8, 4) is 11.1 Å². The third kappa shape index (κ3) is 4.15. The van der Waals surface area contributed by atoms with Crippen LogP contribution < -0.4 is 0 Å². The van der Waals surface area contributed by atoms with Crippen molar-refractivity contribution in [3.05, 3.63) is 35.3 Å². The van der Waals surface area contributed by atoms with E-state index in [9.17, 15) is 0 Å². The molecule has 0 unspecified atom stereocenters. The van der Waals surface area contributed by atoms with E-state index in [0.29, 0.717) is 0 Å². The van der Waals surface area contributed by atoms with Gasteiger partial charge in [0.05, 0.1) is 6.20 Å². The molecule has 1 aliphatic rings. The van der Waals surface area contributed by atoms with Crippen LogP contribution >= 0.6 is 15.9 Å². The van der Waals surface area contributed by atoms with Crippen LogP contribution in [0, 0.1) is 0 Å². The average molecular weight is 364 g/mol. The van der Waals surface area contributed by atoms with Crippen LogP contribution in [0.2, 0.25) is 0 Å². The Morgan fingerprint density at radius 3 is 2.64 bits per heavy atom. The molecule has 0 N–H and O–H groups in total. The van der Waals surface area contributed by atoms with E-state index in [-0.39, 0.29) is 0 Å². The Labute approximate surface area is 140 Å². The van der Waals surface area contributed by atoms with Gasteiger partial charge in [0.25, 0.3) is 0 Å². The van der Waals surface area contributed by atoms with Crippen LogP contribution in [0.15, 0.2) is 35.3 Å². The molecule has 0 amide bonds. The summed E-state index contributed by atoms with van der Waals surface area (Å²) in [5.41, 5.74) is 2.22. The van der Waals surface area contributed by atoms with Gasteiger partial charge in [0.15, 0.2) is 0 Å². The highest BCUT2D eigenvalue weighted by Crippen LogP contribution is 2.21. The number of halogens is 1. The first-order chi connectivity index (χ1) is 10.7. The summed E-state index contributed by atoms with van der Waals surface area (Å²) in [4.78, 5) is 9.14. The van der Waals surface area contributed by atoms with Crippen molar-refractivity contribution in [1.29, 1.82) is 0 Å². The monoisotopic (exact) mass is 363 g/mol. The molecule has 3 rings (SSSR count). The van der Waals surface area contributed by atoms with Crippen LogP contribution in [0.25, 0.3) is 11.1 Å². The van der Waals surface area contributed by atoms with E-state index in [2.05, 4.69) is 55.1 Å². The molecule has 2 aromatic heterocycles. The van der Waals surface area contributed by atoms with Crippen LogP contribution in [0.3, 0.4) is 0 Å². The molecule has 0 saturated carbocycles. The fraction of sp³-hybridized carbons (Fsp3) is 0.500. The molecule has 0 aromatic carbocycles. The van der Waals surface area contributed by atoms with Gasteiger partial charge in [0.2, 0.25) is 0 Å². The number of aromatic nitrogens is 3. The molecule has 2 aromatic rings. The zero-order valence-corrected chi connectivity index (χ0v) is 14.5. The lowest BCUT2D eigenvalue weighted by Crippen LogP contribution is -2.44. The molecule has 3 heterocycles. The lowest BCUT2D eigenvalue weighted by atomic mass is 10.2. The van der Waals surface area contributed by atoms with Crippen molar-refractivity contribution < 1.29 is 0 Å². The smallest absolute Gasteiger partial charge is 0.0568 e. The molecule has 6 heteroatoms. The average Bonchev–Trinajstić information content (AvgIpc) is 2.98. The maximum absolute atomic E-state index is 4.46. The van der Waals surface area contributed by atoms with Gasteiger partial charge in [-0.1, -0.05) is 0 Å². The Morgan fingerprint density at radius 1 is 1.05 bits per heavy atom. The number of pyridine rings is 1. The van der Waals surface area contributed by atoms with E-state index in [1.54, 1.807) is 6.20 Å². The normalized spacial score (nSPS) is 17.0. The zero-order chi connectivity index (χ0) is 15.4. The third-order valence-electron chi connectivity index (χ3n) is 4.13. The number of hydrogen-bond donors (Lipinski definition) is 0. The lowest BCUT2D eigenvalue weighted by molar-refractivity contribution is 0.151. The molecule has 0 atom stereocenters. The molecule has 0 bridgehead atoms. The SMILES string of the molecule is CN1CCN(CCCn2cc(-c3cncc(Br)c3)cn2)CC1. The molecule has 1 saturated heterocycles. The Morgan fingerprint density at radius 2 is 1.86 bits per heavy atom. The fourth-order valence-corrected chi connectivity index (χ4v) is 3.10. The molecule has 0 aliphatic carbocycles. The Kier molecular flexibility index (Phi) is 5.23. The van der Waals surface area contributed by atoms with E-state index in [4.69, 9.17) is 0 Å². The van der Waals surface area contributed by atoms with Gasteiger partial charge in [0.1, 0.15) is 0 Å². The second-order valence-electron chi connectivity index (χ2n) is 5.88. The minimum Gasteiger partial charge on any atom is -0.304 e. The Balaban J connectivity index is 1.50. The second-order valence-corrected chi connectivity index (χ2v) is 6.80. The van der Waals surface area contributed by atoms with Crippen LogP contribution in [0.4, 0.5) is 0 Å². The lowest BCUT2D eigenvalue weighted by Gasteiger charge is -2.32. The Bertz CT molecular complexity index is 604. The molecular weight excluding hydrogens is 342 g/mol. The first kappa shape index (κ1) is 15.6. The third-order valence-corrected chi connectivity index (χ3v) is 4.56. The maximum atomic E-state index is 4.46. The quantitative estimate of drug-likeness (QED) is 0.816. The molecule has 0 radical (unpaired) electrons. The van der Waals surface area contributed by atoms with Gasteiger partial charge in [0, 0.05) is 66.9 Å². The van der Waals surface area contributed by atoms with Crippen LogP contribution in [-0.2, 0) is 6.54 Å². The van der Waals surface area contributed by atoms with E-state index in [1.165, 1.54) is 26.2 Å². The predicted octanol–water partition coefficient (Wildman–Crippen LogP) is 2.35. The zero-order valence-electron chi connectivity index (χ0n) is 13.0. The molecular formula is C16H22BrN5. The van der Waals surface area contributed by atoms with Crippen LogP contribution in [0.1, 0.15) is 6.42 Å². The first-order valence-corrected chi connectivity index (χ1v) is 8.54. The summed E-state index contributed by atoms with van der Waals surface area (Å²) >= 11 is 3.46. The summed E-state index contributed by atoms with van der Waals surface area (Å²) in [6, 6.07) is 2.07. The molecule has 5 nitrogen and oxygen atoms in total. The van der Waals surface area contributed by atoms with Crippen molar-refractivity contribution in [2.75, 3.05) is 39.8 Å². The molecule has 0 spiro atoms. The van der Waals surface area contributed by atoms with E-state index in [1.807, 2.05) is 17.1 Å². The van der Waals surface area contributed by atoms with Gasteiger partial charge in [-0.2, -0.15) is 5.10 Å². The van der Waals surface area contributed by atoms with Crippen molar-refractivity contribution in [1.82, 2.24) is 24.6 Å². The highest BCUT2D eigenvalue weighted by atomic mass is 79.9. The number of piperazine rings is 1. The highest BCUT2D eigenvalue weighted by Gasteiger charge is 2.13. The second kappa shape index (κ2) is 7.35. The van der Waals surface area contributed by atoms with Crippen molar-refractivity contribution >= 4 is 15.9 Å². The van der Waals surface area contributed by atoms with Gasteiger partial charge in [-0.05, 0) is 42.0 Å². The van der Waals surface area contributed by atoms with Crippen molar-refractivity contribution in [2.24, 2.45) is 0 Å². The topological polar surface area (TPSA) is 37.2 Å². The van der Waals surface area contributed by atoms with Gasteiger partial charge in [-0.3, -0.25) is 9.67 Å². The largest absolute Gasteiger partial charge is 0.304 e. The van der Waals surface area contributed by atoms with Gasteiger partial charge in [-0.25, -0.2) is 0 Å². The molecule has 22 heavy (non-hydrogen) atoms. The standard InChI is InChI=1S/C16H22BrN5/c1-20-5-7-21(8-6-20)3-2-4-22-13-15(11-19-22)14-9-16(17)12-18-10-14/h9-13H,2-8H2,1H3. The minimum absolute atomic E-state index is 0.966. The van der Waals surface area contributed by atoms with E-state index in [0.717, 1.165) is 35.1 Å². The highest BCUT2D eigenvalue weighted by molar-refractivity contribution is 9.10. The number of likely N-dealkylation sites (N-methyl/N-ethyl adjacent to an activating group) is 1. The summed E-state index contributed by atoms with van der Waals surface area (Å²) in [5.74, 6) is 0. The van der Waals surface area contributed by atoms with E-state index >= 15 is 0 Å². The summed E-state index contributed by atoms with van der Waals surface area (Å²) in [7, 11) is 2.19. The van der Waals surface area contributed by atoms with Gasteiger partial charge >= 0.3 is 0 Å². The van der Waals surface area contributed by atoms with Gasteiger partial charge < -0.3 is 9.80 Å². The van der Waals surface area contributed by atoms with E-state index < -0.39 is 0 Å². The fourth-order valence-electron chi connectivity index (χ4n) is 2.73. The van der Waals surface area contributed by atoms with Crippen LogP contribution in [0.5, 0.6) is 0 Å². The Hall–Kier alpha value is -1.24. The number of nitrogens with zero attached hydrogens (tertiary/aromatic N) is 5.